The Labute approximate surface area is 211 Å². The Hall–Kier alpha value is -3.06. The van der Waals surface area contributed by atoms with Crippen molar-refractivity contribution < 1.29 is 9.90 Å². The molecule has 2 aliphatic heterocycles. The third kappa shape index (κ3) is 6.75. The molecule has 4 nitrogen and oxygen atoms in total. The molecule has 0 saturated heterocycles. The third-order valence-electron chi connectivity index (χ3n) is 7.38. The number of carbonyl (C=O) groups is 1. The van der Waals surface area contributed by atoms with E-state index in [1.807, 2.05) is 6.07 Å². The number of rotatable bonds is 10. The van der Waals surface area contributed by atoms with Crippen LogP contribution in [-0.2, 0) is 16.6 Å². The van der Waals surface area contributed by atoms with Gasteiger partial charge in [-0.15, -0.1) is 0 Å². The number of nitriles is 1. The Morgan fingerprint density at radius 3 is 2.49 bits per heavy atom. The lowest BCUT2D eigenvalue weighted by Gasteiger charge is -2.45. The highest BCUT2D eigenvalue weighted by atomic mass is 16.4. The van der Waals surface area contributed by atoms with Gasteiger partial charge in [-0.1, -0.05) is 53.1 Å². The predicted molar refractivity (Wildman–Crippen MR) is 145 cm³/mol. The van der Waals surface area contributed by atoms with E-state index < -0.39 is 11.4 Å². The third-order valence-corrected chi connectivity index (χ3v) is 7.38. The Kier molecular flexibility index (Phi) is 9.15. The second-order valence-corrected chi connectivity index (χ2v) is 10.4. The van der Waals surface area contributed by atoms with E-state index in [0.717, 1.165) is 58.0 Å². The minimum atomic E-state index is -1.14. The second-order valence-electron chi connectivity index (χ2n) is 10.4. The molecule has 0 radical (unpaired) electrons. The van der Waals surface area contributed by atoms with Crippen LogP contribution in [0.5, 0.6) is 0 Å². The SMILES string of the molecule is CC(C)=CCCC(C)=CCCC(C)=CCC1(C=C(C#N)C(=O)O)CCN2CCCc3cccc1c32. The summed E-state index contributed by atoms with van der Waals surface area (Å²) >= 11 is 0. The van der Waals surface area contributed by atoms with Gasteiger partial charge in [0.15, 0.2) is 0 Å². The van der Waals surface area contributed by atoms with E-state index in [2.05, 4.69) is 69.0 Å². The van der Waals surface area contributed by atoms with Crippen LogP contribution in [0.1, 0.15) is 83.8 Å². The number of benzene rings is 1. The van der Waals surface area contributed by atoms with E-state index in [4.69, 9.17) is 0 Å². The summed E-state index contributed by atoms with van der Waals surface area (Å²) in [5, 5.41) is 19.2. The fourth-order valence-electron chi connectivity index (χ4n) is 5.37. The molecule has 2 aliphatic rings. The van der Waals surface area contributed by atoms with Gasteiger partial charge < -0.3 is 10.0 Å². The summed E-state index contributed by atoms with van der Waals surface area (Å²) in [5.41, 5.74) is 7.26. The van der Waals surface area contributed by atoms with Gasteiger partial charge in [-0.2, -0.15) is 5.26 Å². The number of carboxylic acid groups (broad SMARTS) is 1. The molecule has 0 saturated carbocycles. The number of hydrogen-bond acceptors (Lipinski definition) is 3. The molecule has 35 heavy (non-hydrogen) atoms. The Balaban J connectivity index is 1.84. The molecule has 1 aromatic rings. The normalized spacial score (nSPS) is 20.2. The van der Waals surface area contributed by atoms with Crippen LogP contribution in [0.25, 0.3) is 0 Å². The minimum Gasteiger partial charge on any atom is -0.477 e. The van der Waals surface area contributed by atoms with Gasteiger partial charge in [0.25, 0.3) is 0 Å². The Bertz CT molecular complexity index is 1100. The Morgan fingerprint density at radius 1 is 1.09 bits per heavy atom. The lowest BCUT2D eigenvalue weighted by atomic mass is 9.69. The molecule has 186 valence electrons. The van der Waals surface area contributed by atoms with Crippen molar-refractivity contribution >= 4 is 11.7 Å². The van der Waals surface area contributed by atoms with Crippen molar-refractivity contribution in [2.24, 2.45) is 0 Å². The second kappa shape index (κ2) is 12.1. The first kappa shape index (κ1) is 26.5. The lowest BCUT2D eigenvalue weighted by Crippen LogP contribution is -2.42. The van der Waals surface area contributed by atoms with E-state index >= 15 is 0 Å². The van der Waals surface area contributed by atoms with Gasteiger partial charge in [0.05, 0.1) is 0 Å². The van der Waals surface area contributed by atoms with E-state index in [-0.39, 0.29) is 5.57 Å². The van der Waals surface area contributed by atoms with Crippen LogP contribution in [0.3, 0.4) is 0 Å². The fraction of sp³-hybridized carbons (Fsp3) is 0.484. The molecule has 1 atom stereocenters. The van der Waals surface area contributed by atoms with Crippen LogP contribution in [0, 0.1) is 11.3 Å². The number of allylic oxidation sites excluding steroid dienone is 7. The average molecular weight is 473 g/mol. The molecular formula is C31H40N2O2. The van der Waals surface area contributed by atoms with Gasteiger partial charge in [0.1, 0.15) is 11.6 Å². The predicted octanol–water partition coefficient (Wildman–Crippen LogP) is 7.42. The number of para-hydroxylation sites is 1. The summed E-state index contributed by atoms with van der Waals surface area (Å²) in [7, 11) is 0. The molecule has 1 aromatic carbocycles. The first-order valence-electron chi connectivity index (χ1n) is 12.9. The molecular weight excluding hydrogens is 432 g/mol. The number of carboxylic acids is 1. The minimum absolute atomic E-state index is 0.159. The summed E-state index contributed by atoms with van der Waals surface area (Å²) in [4.78, 5) is 14.2. The van der Waals surface area contributed by atoms with E-state index in [1.165, 1.54) is 33.5 Å². The number of aryl methyl sites for hydroxylation is 1. The maximum absolute atomic E-state index is 11.8. The molecule has 0 spiro atoms. The van der Waals surface area contributed by atoms with E-state index in [1.54, 1.807) is 6.08 Å². The zero-order valence-electron chi connectivity index (χ0n) is 21.9. The maximum Gasteiger partial charge on any atom is 0.346 e. The van der Waals surface area contributed by atoms with E-state index in [0.29, 0.717) is 6.42 Å². The maximum atomic E-state index is 11.8. The highest BCUT2D eigenvalue weighted by Crippen LogP contribution is 2.47. The van der Waals surface area contributed by atoms with Crippen LogP contribution in [0.2, 0.25) is 0 Å². The quantitative estimate of drug-likeness (QED) is 0.218. The highest BCUT2D eigenvalue weighted by molar-refractivity contribution is 5.91. The average Bonchev–Trinajstić information content (AvgIpc) is 2.83. The summed E-state index contributed by atoms with van der Waals surface area (Å²) in [6, 6.07) is 8.37. The summed E-state index contributed by atoms with van der Waals surface area (Å²) in [6.07, 6.45) is 16.6. The zero-order chi connectivity index (χ0) is 25.4. The number of hydrogen-bond donors (Lipinski definition) is 1. The molecule has 0 fully saturated rings. The molecule has 2 heterocycles. The van der Waals surface area contributed by atoms with Crippen molar-refractivity contribution in [1.29, 1.82) is 5.26 Å². The molecule has 1 N–H and O–H groups in total. The molecule has 0 aliphatic carbocycles. The number of aliphatic carboxylic acids is 1. The van der Waals surface area contributed by atoms with Crippen LogP contribution in [0.15, 0.2) is 64.8 Å². The molecule has 4 heteroatoms. The number of nitrogens with zero attached hydrogens (tertiary/aromatic N) is 2. The van der Waals surface area contributed by atoms with E-state index in [9.17, 15) is 15.2 Å². The van der Waals surface area contributed by atoms with Gasteiger partial charge in [-0.05, 0) is 96.3 Å². The van der Waals surface area contributed by atoms with Gasteiger partial charge >= 0.3 is 5.97 Å². The monoisotopic (exact) mass is 472 g/mol. The largest absolute Gasteiger partial charge is 0.477 e. The molecule has 0 amide bonds. The number of anilines is 1. The van der Waals surface area contributed by atoms with Gasteiger partial charge in [0, 0.05) is 24.2 Å². The molecule has 0 bridgehead atoms. The van der Waals surface area contributed by atoms with Gasteiger partial charge in [-0.3, -0.25) is 0 Å². The molecule has 1 unspecified atom stereocenters. The smallest absolute Gasteiger partial charge is 0.346 e. The standard InChI is InChI=1S/C31H40N2O2/c1-23(2)9-5-10-24(3)11-6-12-25(4)16-17-31(21-27(22-32)30(34)35)18-20-33-19-8-14-26-13-7-15-28(31)29(26)33/h7,9,11,13,15-16,21H,5-6,8,10,12,14,17-20H2,1-4H3,(H,34,35). The van der Waals surface area contributed by atoms with Crippen molar-refractivity contribution in [3.8, 4) is 6.07 Å². The van der Waals surface area contributed by atoms with Crippen molar-refractivity contribution in [2.45, 2.75) is 84.5 Å². The zero-order valence-corrected chi connectivity index (χ0v) is 21.9. The van der Waals surface area contributed by atoms with Gasteiger partial charge in [0.2, 0.25) is 0 Å². The van der Waals surface area contributed by atoms with Crippen molar-refractivity contribution in [1.82, 2.24) is 0 Å². The highest BCUT2D eigenvalue weighted by Gasteiger charge is 2.39. The summed E-state index contributed by atoms with van der Waals surface area (Å²) < 4.78 is 0. The van der Waals surface area contributed by atoms with Gasteiger partial charge in [-0.25, -0.2) is 4.79 Å². The first-order chi connectivity index (χ1) is 16.8. The van der Waals surface area contributed by atoms with Crippen molar-refractivity contribution in [2.75, 3.05) is 18.0 Å². The summed E-state index contributed by atoms with van der Waals surface area (Å²) in [6.45, 7) is 10.6. The van der Waals surface area contributed by atoms with Crippen LogP contribution >= 0.6 is 0 Å². The fourth-order valence-corrected chi connectivity index (χ4v) is 5.37. The Morgan fingerprint density at radius 2 is 1.80 bits per heavy atom. The van der Waals surface area contributed by atoms with Crippen molar-refractivity contribution in [3.63, 3.8) is 0 Å². The van der Waals surface area contributed by atoms with Crippen LogP contribution in [0.4, 0.5) is 5.69 Å². The van der Waals surface area contributed by atoms with Crippen molar-refractivity contribution in [3.05, 3.63) is 75.9 Å². The topological polar surface area (TPSA) is 64.3 Å². The van der Waals surface area contributed by atoms with Crippen LogP contribution in [-0.4, -0.2) is 24.2 Å². The lowest BCUT2D eigenvalue weighted by molar-refractivity contribution is -0.132. The first-order valence-corrected chi connectivity index (χ1v) is 12.9. The molecule has 0 aromatic heterocycles. The molecule has 3 rings (SSSR count). The van der Waals surface area contributed by atoms with Crippen LogP contribution < -0.4 is 4.90 Å². The summed E-state index contributed by atoms with van der Waals surface area (Å²) in [5.74, 6) is -1.14.